The molecule has 0 bridgehead atoms. The topological polar surface area (TPSA) is 74.2 Å². The van der Waals surface area contributed by atoms with Crippen LogP contribution in [0.1, 0.15) is 0 Å². The molecule has 1 aromatic rings. The molecule has 0 atom stereocenters. The fraction of sp³-hybridized carbons (Fsp3) is 0.286. The number of nitrogens with two attached hydrogens (primary N) is 2. The quantitative estimate of drug-likeness (QED) is 0.641. The normalized spacial score (nSPS) is 9.55. The van der Waals surface area contributed by atoms with Gasteiger partial charge < -0.3 is 16.2 Å². The number of nitrogens with zero attached hydrogens (tertiary/aromatic N) is 1. The van der Waals surface area contributed by atoms with E-state index in [1.54, 1.807) is 18.3 Å². The van der Waals surface area contributed by atoms with Crippen LogP contribution in [0, 0.1) is 0 Å². The van der Waals surface area contributed by atoms with Gasteiger partial charge in [-0.1, -0.05) is 0 Å². The van der Waals surface area contributed by atoms with Gasteiger partial charge in [0.05, 0.1) is 0 Å². The van der Waals surface area contributed by atoms with Crippen LogP contribution in [0.25, 0.3) is 0 Å². The summed E-state index contributed by atoms with van der Waals surface area (Å²) < 4.78 is 5.17. The average Bonchev–Trinajstić information content (AvgIpc) is 2.03. The van der Waals surface area contributed by atoms with Crippen molar-refractivity contribution in [1.29, 1.82) is 0 Å². The summed E-state index contributed by atoms with van der Waals surface area (Å²) in [6.45, 7) is 0.949. The molecule has 0 fully saturated rings. The number of hydrogen-bond acceptors (Lipinski definition) is 4. The molecule has 60 valence electrons. The predicted molar refractivity (Wildman–Crippen MR) is 43.2 cm³/mol. The van der Waals surface area contributed by atoms with Crippen LogP contribution in [-0.4, -0.2) is 18.1 Å². The largest absolute Gasteiger partial charge is 0.488 e. The average molecular weight is 153 g/mol. The van der Waals surface area contributed by atoms with Gasteiger partial charge in [-0.3, -0.25) is 0 Å². The van der Waals surface area contributed by atoms with Crippen molar-refractivity contribution in [3.63, 3.8) is 0 Å². The Bertz CT molecular complexity index is 227. The molecule has 0 aromatic carbocycles. The van der Waals surface area contributed by atoms with Crippen molar-refractivity contribution >= 4 is 5.82 Å². The molecular weight excluding hydrogens is 142 g/mol. The third kappa shape index (κ3) is 2.09. The summed E-state index contributed by atoms with van der Waals surface area (Å²) in [5.41, 5.74) is 10.7. The summed E-state index contributed by atoms with van der Waals surface area (Å²) in [5, 5.41) is 0. The standard InChI is InChI=1S/C7H11N3O/c8-3-5-11-6-2-1-4-10-7(6)9/h1-2,4H,3,5,8H2,(H2,9,10). The molecule has 11 heavy (non-hydrogen) atoms. The van der Waals surface area contributed by atoms with Gasteiger partial charge in [-0.05, 0) is 12.1 Å². The molecular formula is C7H11N3O. The summed E-state index contributed by atoms with van der Waals surface area (Å²) in [4.78, 5) is 3.84. The molecule has 1 aromatic heterocycles. The highest BCUT2D eigenvalue weighted by atomic mass is 16.5. The van der Waals surface area contributed by atoms with E-state index >= 15 is 0 Å². The first-order chi connectivity index (χ1) is 5.34. The van der Waals surface area contributed by atoms with Crippen LogP contribution in [0.15, 0.2) is 18.3 Å². The van der Waals surface area contributed by atoms with Crippen LogP contribution >= 0.6 is 0 Å². The third-order valence-electron chi connectivity index (χ3n) is 1.18. The predicted octanol–water partition coefficient (Wildman–Crippen LogP) is 0.00130. The minimum atomic E-state index is 0.404. The fourth-order valence-corrected chi connectivity index (χ4v) is 0.694. The Morgan fingerprint density at radius 1 is 1.55 bits per heavy atom. The molecule has 0 aliphatic carbocycles. The second-order valence-electron chi connectivity index (χ2n) is 2.02. The maximum absolute atomic E-state index is 5.48. The van der Waals surface area contributed by atoms with Gasteiger partial charge in [0.1, 0.15) is 6.61 Å². The Kier molecular flexibility index (Phi) is 2.68. The lowest BCUT2D eigenvalue weighted by atomic mass is 10.4. The first-order valence-corrected chi connectivity index (χ1v) is 3.38. The number of rotatable bonds is 3. The summed E-state index contributed by atoms with van der Waals surface area (Å²) in [5.74, 6) is 0.999. The van der Waals surface area contributed by atoms with E-state index in [0.717, 1.165) is 0 Å². The van der Waals surface area contributed by atoms with E-state index in [1.807, 2.05) is 0 Å². The Hall–Kier alpha value is -1.29. The third-order valence-corrected chi connectivity index (χ3v) is 1.18. The van der Waals surface area contributed by atoms with Crippen molar-refractivity contribution in [2.45, 2.75) is 0 Å². The van der Waals surface area contributed by atoms with Gasteiger partial charge in [0.15, 0.2) is 11.6 Å². The maximum atomic E-state index is 5.48. The highest BCUT2D eigenvalue weighted by Crippen LogP contribution is 2.15. The van der Waals surface area contributed by atoms with Gasteiger partial charge in [0.25, 0.3) is 0 Å². The molecule has 1 heterocycles. The number of pyridine rings is 1. The van der Waals surface area contributed by atoms with Gasteiger partial charge in [0.2, 0.25) is 0 Å². The highest BCUT2D eigenvalue weighted by molar-refractivity contribution is 5.44. The zero-order valence-corrected chi connectivity index (χ0v) is 6.16. The smallest absolute Gasteiger partial charge is 0.166 e. The van der Waals surface area contributed by atoms with Gasteiger partial charge in [-0.2, -0.15) is 0 Å². The van der Waals surface area contributed by atoms with E-state index in [9.17, 15) is 0 Å². The van der Waals surface area contributed by atoms with Crippen LogP contribution in [0.4, 0.5) is 5.82 Å². The number of ether oxygens (including phenoxy) is 1. The molecule has 4 heteroatoms. The van der Waals surface area contributed by atoms with Gasteiger partial charge in [-0.15, -0.1) is 0 Å². The molecule has 0 spiro atoms. The van der Waals surface area contributed by atoms with E-state index in [-0.39, 0.29) is 0 Å². The molecule has 0 radical (unpaired) electrons. The summed E-state index contributed by atoms with van der Waals surface area (Å²) in [7, 11) is 0. The first-order valence-electron chi connectivity index (χ1n) is 3.38. The number of aromatic nitrogens is 1. The number of anilines is 1. The Balaban J connectivity index is 2.62. The molecule has 0 saturated heterocycles. The minimum Gasteiger partial charge on any atom is -0.488 e. The monoisotopic (exact) mass is 153 g/mol. The molecule has 0 unspecified atom stereocenters. The lowest BCUT2D eigenvalue weighted by molar-refractivity contribution is 0.329. The van der Waals surface area contributed by atoms with Gasteiger partial charge >= 0.3 is 0 Å². The summed E-state index contributed by atoms with van der Waals surface area (Å²) in [6.07, 6.45) is 1.62. The summed E-state index contributed by atoms with van der Waals surface area (Å²) in [6, 6.07) is 3.53. The van der Waals surface area contributed by atoms with E-state index in [1.165, 1.54) is 0 Å². The Morgan fingerprint density at radius 3 is 3.00 bits per heavy atom. The molecule has 4 nitrogen and oxygen atoms in total. The molecule has 0 amide bonds. The van der Waals surface area contributed by atoms with Gasteiger partial charge in [-0.25, -0.2) is 4.98 Å². The zero-order chi connectivity index (χ0) is 8.10. The van der Waals surface area contributed by atoms with Crippen LogP contribution in [0.2, 0.25) is 0 Å². The minimum absolute atomic E-state index is 0.404. The van der Waals surface area contributed by atoms with Crippen LogP contribution in [0.3, 0.4) is 0 Å². The zero-order valence-electron chi connectivity index (χ0n) is 6.16. The lowest BCUT2D eigenvalue weighted by Crippen LogP contribution is -2.11. The van der Waals surface area contributed by atoms with Gasteiger partial charge in [0, 0.05) is 12.7 Å². The fourth-order valence-electron chi connectivity index (χ4n) is 0.694. The SMILES string of the molecule is NCCOc1cccnc1N. The molecule has 4 N–H and O–H groups in total. The van der Waals surface area contributed by atoms with Crippen molar-refractivity contribution in [2.24, 2.45) is 5.73 Å². The second-order valence-corrected chi connectivity index (χ2v) is 2.02. The van der Waals surface area contributed by atoms with E-state index in [4.69, 9.17) is 16.2 Å². The maximum Gasteiger partial charge on any atom is 0.166 e. The van der Waals surface area contributed by atoms with E-state index < -0.39 is 0 Å². The molecule has 0 aliphatic heterocycles. The van der Waals surface area contributed by atoms with Crippen molar-refractivity contribution in [1.82, 2.24) is 4.98 Å². The van der Waals surface area contributed by atoms with Crippen molar-refractivity contribution < 1.29 is 4.74 Å². The Morgan fingerprint density at radius 2 is 2.36 bits per heavy atom. The van der Waals surface area contributed by atoms with E-state index in [2.05, 4.69) is 4.98 Å². The van der Waals surface area contributed by atoms with E-state index in [0.29, 0.717) is 24.7 Å². The van der Waals surface area contributed by atoms with Crippen molar-refractivity contribution in [2.75, 3.05) is 18.9 Å². The second kappa shape index (κ2) is 3.78. The Labute approximate surface area is 65.2 Å². The van der Waals surface area contributed by atoms with Crippen LogP contribution in [-0.2, 0) is 0 Å². The lowest BCUT2D eigenvalue weighted by Gasteiger charge is -2.04. The number of nitrogen functional groups attached to an aromatic ring is 1. The molecule has 0 saturated carbocycles. The highest BCUT2D eigenvalue weighted by Gasteiger charge is 1.96. The van der Waals surface area contributed by atoms with Crippen molar-refractivity contribution in [3.05, 3.63) is 18.3 Å². The first kappa shape index (κ1) is 7.81. The summed E-state index contributed by atoms with van der Waals surface area (Å²) >= 11 is 0. The van der Waals surface area contributed by atoms with Crippen LogP contribution < -0.4 is 16.2 Å². The van der Waals surface area contributed by atoms with Crippen molar-refractivity contribution in [3.8, 4) is 5.75 Å². The number of hydrogen-bond donors (Lipinski definition) is 2. The van der Waals surface area contributed by atoms with Crippen LogP contribution in [0.5, 0.6) is 5.75 Å². The molecule has 0 aliphatic rings. The molecule has 1 rings (SSSR count).